The molecule has 2 heterocycles. The molecule has 0 saturated carbocycles. The minimum absolute atomic E-state index is 0.114. The Morgan fingerprint density at radius 3 is 2.85 bits per heavy atom. The van der Waals surface area contributed by atoms with Crippen molar-refractivity contribution < 1.29 is 9.53 Å². The van der Waals surface area contributed by atoms with Gasteiger partial charge in [0.25, 0.3) is 5.91 Å². The molecule has 6 nitrogen and oxygen atoms in total. The van der Waals surface area contributed by atoms with E-state index in [0.717, 1.165) is 22.4 Å². The average Bonchev–Trinajstić information content (AvgIpc) is 3.27. The number of amides is 1. The second kappa shape index (κ2) is 7.12. The Hall–Kier alpha value is -3.33. The van der Waals surface area contributed by atoms with E-state index in [4.69, 9.17) is 4.74 Å². The number of methoxy groups -OCH3 is 1. The van der Waals surface area contributed by atoms with Crippen molar-refractivity contribution in [3.8, 4) is 23.1 Å². The molecule has 6 heteroatoms. The van der Waals surface area contributed by atoms with Gasteiger partial charge >= 0.3 is 0 Å². The maximum Gasteiger partial charge on any atom is 0.255 e. The number of fused-ring (bicyclic) bond motifs is 1. The van der Waals surface area contributed by atoms with Gasteiger partial charge in [0.15, 0.2) is 0 Å². The van der Waals surface area contributed by atoms with Gasteiger partial charge in [-0.1, -0.05) is 12.2 Å². The number of nitrogens with one attached hydrogen (secondary N) is 2. The van der Waals surface area contributed by atoms with E-state index in [1.807, 2.05) is 51.1 Å². The van der Waals surface area contributed by atoms with Gasteiger partial charge in [-0.05, 0) is 50.1 Å². The third-order valence-corrected chi connectivity index (χ3v) is 4.62. The number of benzene rings is 1. The second-order valence-corrected chi connectivity index (χ2v) is 6.91. The molecule has 2 N–H and O–H groups in total. The average molecular weight is 362 g/mol. The molecule has 1 aromatic carbocycles. The standard InChI is InChI=1S/C21H22N4O2/c1-5-6-15(21(2,3)12-22)9-18-23-11-16(25-18)13-7-14-10-24-20(26)19(14)17(8-13)27-4/h5-9,11H,10H2,1-4H3,(H,23,25)(H,24,26)/b6-5-,15-9+. The van der Waals surface area contributed by atoms with E-state index < -0.39 is 5.41 Å². The molecule has 3 rings (SSSR count). The molecule has 0 spiro atoms. The van der Waals surface area contributed by atoms with Crippen LogP contribution in [-0.4, -0.2) is 23.0 Å². The largest absolute Gasteiger partial charge is 0.496 e. The maximum absolute atomic E-state index is 12.0. The van der Waals surface area contributed by atoms with Crippen molar-refractivity contribution in [2.75, 3.05) is 7.11 Å². The van der Waals surface area contributed by atoms with Crippen LogP contribution in [0.4, 0.5) is 0 Å². The van der Waals surface area contributed by atoms with E-state index in [-0.39, 0.29) is 5.91 Å². The van der Waals surface area contributed by atoms with Gasteiger partial charge in [0.05, 0.1) is 36.0 Å². The molecule has 0 bridgehead atoms. The first kappa shape index (κ1) is 18.5. The number of aromatic amines is 1. The molecule has 1 amide bonds. The van der Waals surface area contributed by atoms with Crippen molar-refractivity contribution in [3.63, 3.8) is 0 Å². The molecule has 0 saturated heterocycles. The molecule has 0 atom stereocenters. The Kier molecular flexibility index (Phi) is 4.87. The van der Waals surface area contributed by atoms with E-state index in [9.17, 15) is 10.1 Å². The second-order valence-electron chi connectivity index (χ2n) is 6.91. The third-order valence-electron chi connectivity index (χ3n) is 4.62. The highest BCUT2D eigenvalue weighted by molar-refractivity contribution is 6.01. The van der Waals surface area contributed by atoms with Crippen molar-refractivity contribution in [2.24, 2.45) is 5.41 Å². The highest BCUT2D eigenvalue weighted by Gasteiger charge is 2.25. The summed E-state index contributed by atoms with van der Waals surface area (Å²) in [6.45, 7) is 6.15. The zero-order valence-corrected chi connectivity index (χ0v) is 15.9. The summed E-state index contributed by atoms with van der Waals surface area (Å²) in [4.78, 5) is 19.7. The Morgan fingerprint density at radius 2 is 2.19 bits per heavy atom. The summed E-state index contributed by atoms with van der Waals surface area (Å²) in [6.07, 6.45) is 7.44. The van der Waals surface area contributed by atoms with Crippen LogP contribution in [0.15, 0.2) is 36.1 Å². The minimum atomic E-state index is -0.623. The number of carbonyl (C=O) groups is 1. The minimum Gasteiger partial charge on any atom is -0.496 e. The summed E-state index contributed by atoms with van der Waals surface area (Å²) >= 11 is 0. The number of nitriles is 1. The Bertz CT molecular complexity index is 990. The molecule has 27 heavy (non-hydrogen) atoms. The van der Waals surface area contributed by atoms with Gasteiger partial charge in [0, 0.05) is 12.1 Å². The van der Waals surface area contributed by atoms with Crippen LogP contribution in [0.25, 0.3) is 17.3 Å². The highest BCUT2D eigenvalue weighted by atomic mass is 16.5. The highest BCUT2D eigenvalue weighted by Crippen LogP contribution is 2.33. The first-order valence-electron chi connectivity index (χ1n) is 8.70. The van der Waals surface area contributed by atoms with Crippen LogP contribution in [-0.2, 0) is 6.54 Å². The van der Waals surface area contributed by atoms with Crippen LogP contribution in [0.1, 0.15) is 42.5 Å². The molecule has 0 radical (unpaired) electrons. The molecule has 1 aromatic heterocycles. The molecular weight excluding hydrogens is 340 g/mol. The summed E-state index contributed by atoms with van der Waals surface area (Å²) in [6, 6.07) is 6.11. The van der Waals surface area contributed by atoms with Crippen molar-refractivity contribution in [1.29, 1.82) is 5.26 Å². The van der Waals surface area contributed by atoms with Crippen LogP contribution in [0.5, 0.6) is 5.75 Å². The summed E-state index contributed by atoms with van der Waals surface area (Å²) in [7, 11) is 1.56. The fourth-order valence-electron chi connectivity index (χ4n) is 3.04. The van der Waals surface area contributed by atoms with E-state index in [1.165, 1.54) is 0 Å². The molecule has 0 fully saturated rings. The predicted octanol–water partition coefficient (Wildman–Crippen LogP) is 3.84. The van der Waals surface area contributed by atoms with Gasteiger partial charge in [-0.25, -0.2) is 4.98 Å². The molecular formula is C21H22N4O2. The number of nitrogens with zero attached hydrogens (tertiary/aromatic N) is 2. The number of hydrogen-bond acceptors (Lipinski definition) is 4. The van der Waals surface area contributed by atoms with E-state index in [1.54, 1.807) is 13.3 Å². The topological polar surface area (TPSA) is 90.8 Å². The SMILES string of the molecule is C/C=C\C(=C/c1ncc(-c2cc3c(c(OC)c2)C(=O)NC3)[nH]1)C(C)(C)C#N. The predicted molar refractivity (Wildman–Crippen MR) is 104 cm³/mol. The number of carbonyl (C=O) groups excluding carboxylic acids is 1. The lowest BCUT2D eigenvalue weighted by Gasteiger charge is -2.16. The first-order chi connectivity index (χ1) is 12.9. The van der Waals surface area contributed by atoms with E-state index >= 15 is 0 Å². The molecule has 0 unspecified atom stereocenters. The molecule has 138 valence electrons. The fraction of sp³-hybridized carbons (Fsp3) is 0.286. The van der Waals surface area contributed by atoms with Gasteiger partial charge in [0.2, 0.25) is 0 Å². The summed E-state index contributed by atoms with van der Waals surface area (Å²) < 4.78 is 5.40. The van der Waals surface area contributed by atoms with Crippen molar-refractivity contribution in [3.05, 3.63) is 53.0 Å². The maximum atomic E-state index is 12.0. The van der Waals surface area contributed by atoms with E-state index in [2.05, 4.69) is 21.4 Å². The van der Waals surface area contributed by atoms with Crippen molar-refractivity contribution in [2.45, 2.75) is 27.3 Å². The number of aromatic nitrogens is 2. The number of hydrogen-bond donors (Lipinski definition) is 2. The van der Waals surface area contributed by atoms with Gasteiger partial charge in [-0.15, -0.1) is 0 Å². The first-order valence-corrected chi connectivity index (χ1v) is 8.70. The van der Waals surface area contributed by atoms with Crippen molar-refractivity contribution >= 4 is 12.0 Å². The molecule has 2 aromatic rings. The monoisotopic (exact) mass is 362 g/mol. The molecule has 0 aliphatic carbocycles. The van der Waals surface area contributed by atoms with Crippen LogP contribution in [0.2, 0.25) is 0 Å². The Balaban J connectivity index is 2.01. The zero-order valence-electron chi connectivity index (χ0n) is 15.9. The van der Waals surface area contributed by atoms with Crippen LogP contribution in [0, 0.1) is 16.7 Å². The number of ether oxygens (including phenoxy) is 1. The van der Waals surface area contributed by atoms with Gasteiger partial charge < -0.3 is 15.0 Å². The Labute approximate surface area is 158 Å². The van der Waals surface area contributed by atoms with Crippen molar-refractivity contribution in [1.82, 2.24) is 15.3 Å². The fourth-order valence-corrected chi connectivity index (χ4v) is 3.04. The zero-order chi connectivity index (χ0) is 19.6. The normalized spacial score (nSPS) is 14.2. The smallest absolute Gasteiger partial charge is 0.255 e. The number of rotatable bonds is 5. The number of H-pyrrole nitrogens is 1. The Morgan fingerprint density at radius 1 is 1.41 bits per heavy atom. The number of imidazole rings is 1. The van der Waals surface area contributed by atoms with Gasteiger partial charge in [-0.3, -0.25) is 4.79 Å². The van der Waals surface area contributed by atoms with Gasteiger partial charge in [0.1, 0.15) is 11.6 Å². The summed E-state index contributed by atoms with van der Waals surface area (Å²) in [5.74, 6) is 1.09. The quantitative estimate of drug-likeness (QED) is 0.791. The lowest BCUT2D eigenvalue weighted by atomic mass is 9.85. The van der Waals surface area contributed by atoms with Gasteiger partial charge in [-0.2, -0.15) is 5.26 Å². The lowest BCUT2D eigenvalue weighted by Crippen LogP contribution is -2.13. The summed E-state index contributed by atoms with van der Waals surface area (Å²) in [5.41, 5.74) is 3.45. The third kappa shape index (κ3) is 3.49. The summed E-state index contributed by atoms with van der Waals surface area (Å²) in [5, 5.41) is 12.2. The van der Waals surface area contributed by atoms with Crippen LogP contribution in [0.3, 0.4) is 0 Å². The molecule has 1 aliphatic heterocycles. The van der Waals surface area contributed by atoms with Crippen LogP contribution >= 0.6 is 0 Å². The van der Waals surface area contributed by atoms with E-state index in [0.29, 0.717) is 23.7 Å². The van der Waals surface area contributed by atoms with Crippen LogP contribution < -0.4 is 10.1 Å². The molecule has 1 aliphatic rings. The lowest BCUT2D eigenvalue weighted by molar-refractivity contribution is 0.0963. The number of allylic oxidation sites excluding steroid dienone is 3.